The van der Waals surface area contributed by atoms with Crippen molar-refractivity contribution in [2.45, 2.75) is 0 Å². The SMILES string of the molecule is COc1ccc(-c2cc3c4ccccc4oc4nc(=N)c(C#N)c([nH]2)c43)cc1OC. The topological polar surface area (TPSA) is 108 Å². The van der Waals surface area contributed by atoms with Crippen molar-refractivity contribution in [3.63, 3.8) is 0 Å². The summed E-state index contributed by atoms with van der Waals surface area (Å²) in [4.78, 5) is 7.53. The molecule has 146 valence electrons. The van der Waals surface area contributed by atoms with Gasteiger partial charge in [0.25, 0.3) is 0 Å². The van der Waals surface area contributed by atoms with Crippen LogP contribution >= 0.6 is 0 Å². The Kier molecular flexibility index (Phi) is 3.93. The van der Waals surface area contributed by atoms with Crippen LogP contribution in [0, 0.1) is 16.7 Å². The molecular formula is C23H16N4O3. The number of aromatic nitrogens is 2. The third-order valence-electron chi connectivity index (χ3n) is 5.17. The minimum atomic E-state index is -0.133. The number of hydrogen-bond acceptors (Lipinski definition) is 6. The van der Waals surface area contributed by atoms with Crippen molar-refractivity contribution in [3.05, 3.63) is 59.6 Å². The van der Waals surface area contributed by atoms with Crippen LogP contribution < -0.4 is 15.0 Å². The van der Waals surface area contributed by atoms with Crippen LogP contribution in [-0.2, 0) is 0 Å². The minimum absolute atomic E-state index is 0.133. The van der Waals surface area contributed by atoms with Crippen molar-refractivity contribution < 1.29 is 13.9 Å². The first kappa shape index (κ1) is 17.8. The Hall–Kier alpha value is -4.31. The highest BCUT2D eigenvalue weighted by atomic mass is 16.5. The zero-order valence-electron chi connectivity index (χ0n) is 16.2. The zero-order valence-corrected chi connectivity index (χ0v) is 16.2. The molecule has 0 saturated carbocycles. The number of nitrogens with zero attached hydrogens (tertiary/aromatic N) is 2. The molecule has 0 spiro atoms. The maximum Gasteiger partial charge on any atom is 0.231 e. The molecule has 0 amide bonds. The minimum Gasteiger partial charge on any atom is -0.493 e. The first-order valence-corrected chi connectivity index (χ1v) is 9.20. The van der Waals surface area contributed by atoms with E-state index in [9.17, 15) is 5.26 Å². The molecule has 5 aromatic rings. The molecule has 0 bridgehead atoms. The fourth-order valence-corrected chi connectivity index (χ4v) is 3.76. The van der Waals surface area contributed by atoms with E-state index < -0.39 is 0 Å². The largest absolute Gasteiger partial charge is 0.493 e. The number of nitriles is 1. The van der Waals surface area contributed by atoms with Gasteiger partial charge in [0.05, 0.1) is 25.1 Å². The van der Waals surface area contributed by atoms with Crippen LogP contribution in [0.5, 0.6) is 11.5 Å². The molecular weight excluding hydrogens is 380 g/mol. The molecule has 7 nitrogen and oxygen atoms in total. The summed E-state index contributed by atoms with van der Waals surface area (Å²) in [5.74, 6) is 1.22. The van der Waals surface area contributed by atoms with E-state index in [0.717, 1.165) is 22.0 Å². The van der Waals surface area contributed by atoms with Gasteiger partial charge in [-0.15, -0.1) is 0 Å². The smallest absolute Gasteiger partial charge is 0.231 e. The third kappa shape index (κ3) is 2.51. The zero-order chi connectivity index (χ0) is 20.8. The lowest BCUT2D eigenvalue weighted by Crippen LogP contribution is -2.12. The van der Waals surface area contributed by atoms with Crippen LogP contribution in [0.3, 0.4) is 0 Å². The average molecular weight is 396 g/mol. The van der Waals surface area contributed by atoms with Gasteiger partial charge >= 0.3 is 0 Å². The molecule has 3 heterocycles. The average Bonchev–Trinajstić information content (AvgIpc) is 2.78. The predicted molar refractivity (Wildman–Crippen MR) is 112 cm³/mol. The Bertz CT molecular complexity index is 1560. The van der Waals surface area contributed by atoms with E-state index in [0.29, 0.717) is 33.7 Å². The molecule has 0 atom stereocenters. The highest BCUT2D eigenvalue weighted by molar-refractivity contribution is 6.17. The van der Waals surface area contributed by atoms with Gasteiger partial charge in [0.2, 0.25) is 5.71 Å². The Morgan fingerprint density at radius 2 is 1.83 bits per heavy atom. The van der Waals surface area contributed by atoms with E-state index in [1.54, 1.807) is 14.2 Å². The van der Waals surface area contributed by atoms with Crippen molar-refractivity contribution >= 4 is 33.0 Å². The standard InChI is InChI=1S/C23H16N4O3/c1-28-18-8-7-12(9-19(18)29-2)16-10-14-13-5-3-4-6-17(13)30-23-20(14)21(26-16)15(11-24)22(25)27-23/h3-10,25-26H,1-2H3. The second-order valence-electron chi connectivity index (χ2n) is 6.77. The van der Waals surface area contributed by atoms with Crippen molar-refractivity contribution in [2.24, 2.45) is 0 Å². The van der Waals surface area contributed by atoms with E-state index >= 15 is 0 Å². The van der Waals surface area contributed by atoms with Gasteiger partial charge in [-0.25, -0.2) is 0 Å². The number of benzene rings is 2. The molecule has 5 rings (SSSR count). The quantitative estimate of drug-likeness (QED) is 0.345. The molecule has 3 aromatic heterocycles. The summed E-state index contributed by atoms with van der Waals surface area (Å²) < 4.78 is 16.7. The summed E-state index contributed by atoms with van der Waals surface area (Å²) >= 11 is 0. The number of rotatable bonds is 3. The highest BCUT2D eigenvalue weighted by Gasteiger charge is 2.18. The first-order valence-electron chi connectivity index (χ1n) is 9.20. The molecule has 0 aliphatic carbocycles. The van der Waals surface area contributed by atoms with E-state index in [2.05, 4.69) is 16.0 Å². The van der Waals surface area contributed by atoms with Crippen LogP contribution in [0.2, 0.25) is 0 Å². The number of H-pyrrole nitrogens is 1. The predicted octanol–water partition coefficient (Wildman–Crippen LogP) is 4.50. The summed E-state index contributed by atoms with van der Waals surface area (Å²) in [7, 11) is 3.17. The van der Waals surface area contributed by atoms with Crippen LogP contribution in [0.1, 0.15) is 5.56 Å². The van der Waals surface area contributed by atoms with E-state index in [-0.39, 0.29) is 11.1 Å². The van der Waals surface area contributed by atoms with E-state index in [1.807, 2.05) is 48.5 Å². The van der Waals surface area contributed by atoms with Crippen LogP contribution in [0.15, 0.2) is 52.9 Å². The molecule has 0 unspecified atom stereocenters. The normalized spacial score (nSPS) is 11.1. The third-order valence-corrected chi connectivity index (χ3v) is 5.17. The number of methoxy groups -OCH3 is 2. The van der Waals surface area contributed by atoms with Crippen LogP contribution in [0.4, 0.5) is 0 Å². The van der Waals surface area contributed by atoms with Crippen LogP contribution in [-0.4, -0.2) is 24.2 Å². The van der Waals surface area contributed by atoms with E-state index in [4.69, 9.17) is 19.3 Å². The second-order valence-corrected chi connectivity index (χ2v) is 6.77. The fourth-order valence-electron chi connectivity index (χ4n) is 3.76. The Morgan fingerprint density at radius 1 is 1.03 bits per heavy atom. The Labute approximate surface area is 170 Å². The van der Waals surface area contributed by atoms with Crippen molar-refractivity contribution in [2.75, 3.05) is 14.2 Å². The van der Waals surface area contributed by atoms with Gasteiger partial charge in [-0.05, 0) is 30.3 Å². The molecule has 2 aromatic carbocycles. The number of hydrogen-bond donors (Lipinski definition) is 2. The number of fused-ring (bicyclic) bond motifs is 2. The van der Waals surface area contributed by atoms with E-state index in [1.165, 1.54) is 0 Å². The number of pyridine rings is 2. The molecule has 30 heavy (non-hydrogen) atoms. The lowest BCUT2D eigenvalue weighted by atomic mass is 10.0. The molecule has 0 radical (unpaired) electrons. The van der Waals surface area contributed by atoms with Crippen molar-refractivity contribution in [1.29, 1.82) is 10.7 Å². The Morgan fingerprint density at radius 3 is 2.60 bits per heavy atom. The molecule has 0 aliphatic rings. The Balaban J connectivity index is 1.95. The van der Waals surface area contributed by atoms with Crippen molar-refractivity contribution in [3.8, 4) is 28.8 Å². The maximum atomic E-state index is 9.69. The second kappa shape index (κ2) is 6.64. The van der Waals surface area contributed by atoms with Gasteiger partial charge in [-0.1, -0.05) is 18.2 Å². The van der Waals surface area contributed by atoms with Gasteiger partial charge in [0.15, 0.2) is 17.0 Å². The van der Waals surface area contributed by atoms with Gasteiger partial charge in [-0.3, -0.25) is 5.41 Å². The van der Waals surface area contributed by atoms with Crippen molar-refractivity contribution in [1.82, 2.24) is 9.97 Å². The fraction of sp³-hybridized carbons (Fsp3) is 0.0870. The number of nitrogens with one attached hydrogen (secondary N) is 2. The number of para-hydroxylation sites is 1. The summed E-state index contributed by atoms with van der Waals surface area (Å²) in [5, 5.41) is 20.4. The first-order chi connectivity index (χ1) is 14.6. The summed E-state index contributed by atoms with van der Waals surface area (Å²) in [6, 6.07) is 17.4. The molecule has 0 saturated heterocycles. The molecule has 2 N–H and O–H groups in total. The lowest BCUT2D eigenvalue weighted by Gasteiger charge is -2.14. The van der Waals surface area contributed by atoms with Gasteiger partial charge in [0.1, 0.15) is 17.2 Å². The number of ether oxygens (including phenoxy) is 2. The van der Waals surface area contributed by atoms with Gasteiger partial charge in [0, 0.05) is 22.0 Å². The van der Waals surface area contributed by atoms with Gasteiger partial charge < -0.3 is 18.9 Å². The molecule has 7 heteroatoms. The molecule has 0 aliphatic heterocycles. The number of aromatic amines is 1. The maximum absolute atomic E-state index is 9.69. The molecule has 0 fully saturated rings. The highest BCUT2D eigenvalue weighted by Crippen LogP contribution is 2.37. The van der Waals surface area contributed by atoms with Crippen LogP contribution in [0.25, 0.3) is 44.2 Å². The summed E-state index contributed by atoms with van der Waals surface area (Å²) in [6.45, 7) is 0. The van der Waals surface area contributed by atoms with Gasteiger partial charge in [-0.2, -0.15) is 10.2 Å². The monoisotopic (exact) mass is 396 g/mol. The lowest BCUT2D eigenvalue weighted by molar-refractivity contribution is 0.355. The summed E-state index contributed by atoms with van der Waals surface area (Å²) in [5.41, 5.74) is 3.15. The summed E-state index contributed by atoms with van der Waals surface area (Å²) in [6.07, 6.45) is 0.